The molecule has 0 aromatic heterocycles. The van der Waals surface area contributed by atoms with Gasteiger partial charge in [-0.25, -0.2) is 8.78 Å². The van der Waals surface area contributed by atoms with Crippen molar-refractivity contribution in [1.82, 2.24) is 0 Å². The zero-order valence-corrected chi connectivity index (χ0v) is 18.3. The van der Waals surface area contributed by atoms with E-state index in [0.29, 0.717) is 29.5 Å². The molecule has 33 heavy (non-hydrogen) atoms. The highest BCUT2D eigenvalue weighted by atomic mass is 19.1. The molecule has 0 saturated carbocycles. The second-order valence-electron chi connectivity index (χ2n) is 7.27. The summed E-state index contributed by atoms with van der Waals surface area (Å²) in [5.74, 6) is -3.58. The van der Waals surface area contributed by atoms with E-state index in [1.165, 1.54) is 20.3 Å². The lowest BCUT2D eigenvalue weighted by molar-refractivity contribution is -0.128. The predicted molar refractivity (Wildman–Crippen MR) is 120 cm³/mol. The summed E-state index contributed by atoms with van der Waals surface area (Å²) >= 11 is 0. The second kappa shape index (κ2) is 10.6. The highest BCUT2D eigenvalue weighted by molar-refractivity contribution is 6.11. The number of nitrogens with two attached hydrogens (primary N) is 1. The van der Waals surface area contributed by atoms with E-state index in [1.807, 2.05) is 0 Å². The van der Waals surface area contributed by atoms with Crippen LogP contribution in [0.5, 0.6) is 11.5 Å². The molecule has 0 radical (unpaired) electrons. The molecule has 1 unspecified atom stereocenters. The maximum absolute atomic E-state index is 14.7. The fraction of sp³-hybridized carbons (Fsp3) is 0.200. The number of hydrogen-bond acceptors (Lipinski definition) is 4. The molecule has 0 fully saturated rings. The van der Waals surface area contributed by atoms with Gasteiger partial charge in [-0.3, -0.25) is 9.59 Å². The van der Waals surface area contributed by atoms with Crippen LogP contribution in [0.2, 0.25) is 0 Å². The van der Waals surface area contributed by atoms with Gasteiger partial charge in [-0.1, -0.05) is 36.4 Å². The van der Waals surface area contributed by atoms with Crippen molar-refractivity contribution in [3.8, 4) is 11.5 Å². The number of hydrogen-bond donors (Lipinski definition) is 1. The number of nitrogens with zero attached hydrogens (tertiary/aromatic N) is 1. The molecule has 3 aromatic rings. The first kappa shape index (κ1) is 23.7. The Kier molecular flexibility index (Phi) is 7.61. The van der Waals surface area contributed by atoms with Gasteiger partial charge in [0, 0.05) is 12.6 Å². The van der Waals surface area contributed by atoms with Crippen LogP contribution in [0, 0.1) is 11.6 Å². The predicted octanol–water partition coefficient (Wildman–Crippen LogP) is 3.83. The van der Waals surface area contributed by atoms with Gasteiger partial charge in [0.15, 0.2) is 11.5 Å². The Hall–Kier alpha value is -3.94. The number of ether oxygens (including phenoxy) is 2. The second-order valence-corrected chi connectivity index (χ2v) is 7.27. The minimum atomic E-state index is -1.33. The van der Waals surface area contributed by atoms with Crippen molar-refractivity contribution in [2.24, 2.45) is 5.73 Å². The number of halogens is 2. The third-order valence-electron chi connectivity index (χ3n) is 5.20. The zero-order valence-electron chi connectivity index (χ0n) is 18.3. The van der Waals surface area contributed by atoms with Gasteiger partial charge in [0.2, 0.25) is 11.8 Å². The van der Waals surface area contributed by atoms with Gasteiger partial charge in [0.1, 0.15) is 17.6 Å². The SMILES string of the molecule is COc1ccc(CCN(C(=O)C(C(N)=O)c2ccccc2)c2ccc(F)cc2F)cc1OC. The van der Waals surface area contributed by atoms with Crippen LogP contribution in [0.3, 0.4) is 0 Å². The van der Waals surface area contributed by atoms with Crippen molar-refractivity contribution < 1.29 is 27.8 Å². The highest BCUT2D eigenvalue weighted by Gasteiger charge is 2.32. The number of primary amides is 1. The molecular formula is C25H24F2N2O4. The largest absolute Gasteiger partial charge is 0.493 e. The van der Waals surface area contributed by atoms with Gasteiger partial charge < -0.3 is 20.1 Å². The average molecular weight is 454 g/mol. The van der Waals surface area contributed by atoms with Gasteiger partial charge in [0.05, 0.1) is 19.9 Å². The topological polar surface area (TPSA) is 81.9 Å². The van der Waals surface area contributed by atoms with Crippen molar-refractivity contribution in [3.05, 3.63) is 89.5 Å². The third kappa shape index (κ3) is 5.46. The molecule has 3 aromatic carbocycles. The zero-order chi connectivity index (χ0) is 24.0. The van der Waals surface area contributed by atoms with Crippen molar-refractivity contribution in [2.75, 3.05) is 25.7 Å². The van der Waals surface area contributed by atoms with E-state index in [9.17, 15) is 18.4 Å². The first-order chi connectivity index (χ1) is 15.8. The van der Waals surface area contributed by atoms with Crippen molar-refractivity contribution in [1.29, 1.82) is 0 Å². The first-order valence-electron chi connectivity index (χ1n) is 10.2. The maximum atomic E-state index is 14.7. The minimum Gasteiger partial charge on any atom is -0.493 e. The van der Waals surface area contributed by atoms with Crippen LogP contribution >= 0.6 is 0 Å². The average Bonchev–Trinajstić information content (AvgIpc) is 2.80. The van der Waals surface area contributed by atoms with E-state index in [1.54, 1.807) is 48.5 Å². The van der Waals surface area contributed by atoms with Crippen LogP contribution in [-0.2, 0) is 16.0 Å². The van der Waals surface area contributed by atoms with E-state index in [-0.39, 0.29) is 12.2 Å². The molecule has 6 nitrogen and oxygen atoms in total. The molecule has 0 bridgehead atoms. The lowest BCUT2D eigenvalue weighted by Gasteiger charge is -2.27. The van der Waals surface area contributed by atoms with Gasteiger partial charge in [0.25, 0.3) is 0 Å². The molecule has 2 N–H and O–H groups in total. The minimum absolute atomic E-state index is 0.00742. The quantitative estimate of drug-likeness (QED) is 0.499. The Morgan fingerprint density at radius 3 is 2.24 bits per heavy atom. The van der Waals surface area contributed by atoms with Crippen LogP contribution in [0.25, 0.3) is 0 Å². The third-order valence-corrected chi connectivity index (χ3v) is 5.20. The van der Waals surface area contributed by atoms with Gasteiger partial charge in [-0.05, 0) is 41.8 Å². The van der Waals surface area contributed by atoms with Crippen LogP contribution in [0.4, 0.5) is 14.5 Å². The summed E-state index contributed by atoms with van der Waals surface area (Å²) in [5, 5.41) is 0. The molecule has 0 heterocycles. The molecule has 0 aliphatic carbocycles. The molecule has 3 rings (SSSR count). The van der Waals surface area contributed by atoms with Gasteiger partial charge >= 0.3 is 0 Å². The molecule has 0 aliphatic rings. The number of benzene rings is 3. The summed E-state index contributed by atoms with van der Waals surface area (Å²) in [6, 6.07) is 16.4. The molecule has 0 spiro atoms. The van der Waals surface area contributed by atoms with Crippen LogP contribution in [-0.4, -0.2) is 32.6 Å². The molecule has 2 amide bonds. The number of amides is 2. The fourth-order valence-corrected chi connectivity index (χ4v) is 3.56. The molecule has 0 saturated heterocycles. The number of anilines is 1. The first-order valence-corrected chi connectivity index (χ1v) is 10.2. The van der Waals surface area contributed by atoms with Gasteiger partial charge in [-0.15, -0.1) is 0 Å². The van der Waals surface area contributed by atoms with Crippen LogP contribution < -0.4 is 20.1 Å². The lowest BCUT2D eigenvalue weighted by atomic mass is 9.96. The van der Waals surface area contributed by atoms with E-state index in [0.717, 1.165) is 16.5 Å². The van der Waals surface area contributed by atoms with Crippen LogP contribution in [0.15, 0.2) is 66.7 Å². The summed E-state index contributed by atoms with van der Waals surface area (Å²) in [4.78, 5) is 26.8. The summed E-state index contributed by atoms with van der Waals surface area (Å²) in [6.45, 7) is 0.00742. The van der Waals surface area contributed by atoms with Crippen molar-refractivity contribution in [2.45, 2.75) is 12.3 Å². The van der Waals surface area contributed by atoms with Crippen molar-refractivity contribution in [3.63, 3.8) is 0 Å². The van der Waals surface area contributed by atoms with Crippen LogP contribution in [0.1, 0.15) is 17.0 Å². The summed E-state index contributed by atoms with van der Waals surface area (Å²) in [6.07, 6.45) is 0.295. The smallest absolute Gasteiger partial charge is 0.244 e. The summed E-state index contributed by atoms with van der Waals surface area (Å²) in [7, 11) is 3.02. The summed E-state index contributed by atoms with van der Waals surface area (Å²) in [5.41, 5.74) is 6.57. The lowest BCUT2D eigenvalue weighted by Crippen LogP contribution is -2.42. The Bertz CT molecular complexity index is 1140. The van der Waals surface area contributed by atoms with E-state index in [4.69, 9.17) is 15.2 Å². The highest BCUT2D eigenvalue weighted by Crippen LogP contribution is 2.29. The Morgan fingerprint density at radius 1 is 0.939 bits per heavy atom. The monoisotopic (exact) mass is 454 g/mol. The molecular weight excluding hydrogens is 430 g/mol. The van der Waals surface area contributed by atoms with E-state index < -0.39 is 29.4 Å². The normalized spacial score (nSPS) is 11.5. The van der Waals surface area contributed by atoms with E-state index in [2.05, 4.69) is 0 Å². The molecule has 1 atom stereocenters. The molecule has 172 valence electrons. The van der Waals surface area contributed by atoms with Gasteiger partial charge in [-0.2, -0.15) is 0 Å². The standard InChI is InChI=1S/C25H24F2N2O4/c1-32-21-11-8-16(14-22(21)33-2)12-13-29(20-10-9-18(26)15-19(20)27)25(31)23(24(28)30)17-6-4-3-5-7-17/h3-11,14-15,23H,12-13H2,1-2H3,(H2,28,30). The molecule has 8 heteroatoms. The Labute approximate surface area is 190 Å². The fourth-order valence-electron chi connectivity index (χ4n) is 3.56. The number of carbonyl (C=O) groups excluding carboxylic acids is 2. The Morgan fingerprint density at radius 2 is 1.64 bits per heavy atom. The molecule has 0 aliphatic heterocycles. The number of carbonyl (C=O) groups is 2. The summed E-state index contributed by atoms with van der Waals surface area (Å²) < 4.78 is 38.7. The number of methoxy groups -OCH3 is 2. The Balaban J connectivity index is 1.97. The number of rotatable bonds is 9. The van der Waals surface area contributed by atoms with E-state index >= 15 is 0 Å². The maximum Gasteiger partial charge on any atom is 0.244 e. The van der Waals surface area contributed by atoms with Crippen molar-refractivity contribution >= 4 is 17.5 Å².